The van der Waals surface area contributed by atoms with Gasteiger partial charge in [0.05, 0.1) is 31.0 Å². The number of aromatic hydroxyl groups is 1. The minimum atomic E-state index is -0.145. The molecule has 3 aromatic rings. The van der Waals surface area contributed by atoms with Crippen LogP contribution in [0.15, 0.2) is 30.3 Å². The Labute approximate surface area is 254 Å². The Kier molecular flexibility index (Phi) is 7.99. The summed E-state index contributed by atoms with van der Waals surface area (Å²) in [4.78, 5) is 30.0. The van der Waals surface area contributed by atoms with Crippen molar-refractivity contribution in [1.82, 2.24) is 19.8 Å². The SMILES string of the molecule is CN(C)CC1(COc2nc3c(c(N4CCCCC(CO)C4)n2)CN(C(=O)c2cc(O)cc4cccc(I)c24)C3)CC1. The number of amides is 1. The summed E-state index contributed by atoms with van der Waals surface area (Å²) < 4.78 is 7.24. The van der Waals surface area contributed by atoms with Gasteiger partial charge >= 0.3 is 6.01 Å². The highest BCUT2D eigenvalue weighted by Gasteiger charge is 2.44. The van der Waals surface area contributed by atoms with Crippen molar-refractivity contribution in [2.24, 2.45) is 11.3 Å². The maximum atomic E-state index is 14.0. The minimum absolute atomic E-state index is 0.0714. The largest absolute Gasteiger partial charge is 0.508 e. The minimum Gasteiger partial charge on any atom is -0.508 e. The fourth-order valence-corrected chi connectivity index (χ4v) is 7.18. The number of halogens is 1. The third-order valence-electron chi connectivity index (χ3n) is 8.61. The first-order valence-corrected chi connectivity index (χ1v) is 15.6. The van der Waals surface area contributed by atoms with Gasteiger partial charge in [0.2, 0.25) is 0 Å². The number of nitrogens with zero attached hydrogens (tertiary/aromatic N) is 5. The van der Waals surface area contributed by atoms with Gasteiger partial charge in [-0.1, -0.05) is 18.6 Å². The van der Waals surface area contributed by atoms with Gasteiger partial charge in [0.25, 0.3) is 5.91 Å². The number of benzene rings is 2. The molecule has 0 bridgehead atoms. The first-order valence-electron chi connectivity index (χ1n) is 14.5. The van der Waals surface area contributed by atoms with Crippen LogP contribution in [0.1, 0.15) is 53.7 Å². The molecule has 2 N–H and O–H groups in total. The molecule has 9 nitrogen and oxygen atoms in total. The number of hydrogen-bond donors (Lipinski definition) is 2. The number of anilines is 1. The number of aromatic nitrogens is 2. The van der Waals surface area contributed by atoms with E-state index in [0.29, 0.717) is 37.8 Å². The molecule has 1 atom stereocenters. The Morgan fingerprint density at radius 2 is 2.02 bits per heavy atom. The number of aliphatic hydroxyl groups is 1. The topological polar surface area (TPSA) is 102 Å². The predicted octanol–water partition coefficient (Wildman–Crippen LogP) is 4.42. The number of carbonyl (C=O) groups is 1. The Morgan fingerprint density at radius 1 is 1.20 bits per heavy atom. The van der Waals surface area contributed by atoms with Crippen LogP contribution in [0, 0.1) is 14.9 Å². The van der Waals surface area contributed by atoms with E-state index in [9.17, 15) is 15.0 Å². The summed E-state index contributed by atoms with van der Waals surface area (Å²) in [5, 5.41) is 22.1. The lowest BCUT2D eigenvalue weighted by atomic mass is 10.0. The third kappa shape index (κ3) is 5.96. The Morgan fingerprint density at radius 3 is 2.78 bits per heavy atom. The van der Waals surface area contributed by atoms with Crippen molar-refractivity contribution in [3.05, 3.63) is 50.7 Å². The zero-order chi connectivity index (χ0) is 28.7. The maximum absolute atomic E-state index is 14.0. The van der Waals surface area contributed by atoms with E-state index in [0.717, 1.165) is 76.6 Å². The smallest absolute Gasteiger partial charge is 0.318 e. The van der Waals surface area contributed by atoms with Crippen LogP contribution >= 0.6 is 22.6 Å². The molecule has 6 rings (SSSR count). The van der Waals surface area contributed by atoms with E-state index in [1.54, 1.807) is 17.0 Å². The van der Waals surface area contributed by atoms with Crippen LogP contribution in [0.25, 0.3) is 10.8 Å². The van der Waals surface area contributed by atoms with E-state index >= 15 is 0 Å². The van der Waals surface area contributed by atoms with Gasteiger partial charge in [0.1, 0.15) is 11.6 Å². The second-order valence-electron chi connectivity index (χ2n) is 12.3. The molecule has 2 aromatic carbocycles. The summed E-state index contributed by atoms with van der Waals surface area (Å²) in [6, 6.07) is 9.44. The summed E-state index contributed by atoms with van der Waals surface area (Å²) in [6.45, 7) is 3.97. The molecule has 0 spiro atoms. The Bertz CT molecular complexity index is 1460. The monoisotopic (exact) mass is 671 g/mol. The van der Waals surface area contributed by atoms with Crippen LogP contribution in [0.3, 0.4) is 0 Å². The summed E-state index contributed by atoms with van der Waals surface area (Å²) in [6.07, 6.45) is 5.34. The third-order valence-corrected chi connectivity index (χ3v) is 9.51. The molecule has 1 saturated carbocycles. The maximum Gasteiger partial charge on any atom is 0.318 e. The molecule has 3 aliphatic rings. The summed E-state index contributed by atoms with van der Waals surface area (Å²) in [7, 11) is 4.17. The number of rotatable bonds is 8. The quantitative estimate of drug-likeness (QED) is 0.340. The van der Waals surface area contributed by atoms with Crippen molar-refractivity contribution in [3.8, 4) is 11.8 Å². The lowest BCUT2D eigenvalue weighted by molar-refractivity contribution is 0.0752. The van der Waals surface area contributed by atoms with Gasteiger partial charge in [-0.15, -0.1) is 0 Å². The van der Waals surface area contributed by atoms with Crippen LogP contribution < -0.4 is 9.64 Å². The molecule has 0 radical (unpaired) electrons. The van der Waals surface area contributed by atoms with E-state index in [2.05, 4.69) is 46.5 Å². The lowest BCUT2D eigenvalue weighted by Gasteiger charge is -2.27. The van der Waals surface area contributed by atoms with Crippen molar-refractivity contribution >= 4 is 45.1 Å². The second kappa shape index (κ2) is 11.5. The Hall–Kier alpha value is -2.70. The zero-order valence-corrected chi connectivity index (χ0v) is 25.9. The van der Waals surface area contributed by atoms with Gasteiger partial charge < -0.3 is 29.6 Å². The predicted molar refractivity (Wildman–Crippen MR) is 166 cm³/mol. The number of ether oxygens (including phenoxy) is 1. The number of aliphatic hydroxyl groups excluding tert-OH is 1. The molecule has 10 heteroatoms. The highest BCUT2D eigenvalue weighted by molar-refractivity contribution is 14.1. The lowest BCUT2D eigenvalue weighted by Crippen LogP contribution is -2.32. The highest BCUT2D eigenvalue weighted by Crippen LogP contribution is 2.46. The Balaban J connectivity index is 1.33. The van der Waals surface area contributed by atoms with Gasteiger partial charge in [-0.05, 0) is 91.9 Å². The zero-order valence-electron chi connectivity index (χ0n) is 23.8. The molecular weight excluding hydrogens is 633 g/mol. The average Bonchev–Trinajstić information content (AvgIpc) is 3.63. The van der Waals surface area contributed by atoms with Gasteiger partial charge in [-0.25, -0.2) is 0 Å². The van der Waals surface area contributed by atoms with Gasteiger partial charge in [0.15, 0.2) is 0 Å². The molecule has 1 aromatic heterocycles. The van der Waals surface area contributed by atoms with Crippen LogP contribution in [0.2, 0.25) is 0 Å². The highest BCUT2D eigenvalue weighted by atomic mass is 127. The molecule has 1 unspecified atom stereocenters. The molecular formula is C31H38IN5O4. The van der Waals surface area contributed by atoms with Crippen molar-refractivity contribution in [2.75, 3.05) is 51.8 Å². The summed E-state index contributed by atoms with van der Waals surface area (Å²) in [5.74, 6) is 0.922. The fraction of sp³-hybridized carbons (Fsp3) is 0.516. The number of hydrogen-bond acceptors (Lipinski definition) is 8. The summed E-state index contributed by atoms with van der Waals surface area (Å²) in [5.41, 5.74) is 2.38. The van der Waals surface area contributed by atoms with Crippen LogP contribution in [-0.4, -0.2) is 82.8 Å². The van der Waals surface area contributed by atoms with Crippen LogP contribution in [0.5, 0.6) is 11.8 Å². The molecule has 3 heterocycles. The van der Waals surface area contributed by atoms with Gasteiger partial charge in [0, 0.05) is 46.2 Å². The van der Waals surface area contributed by atoms with Crippen molar-refractivity contribution in [3.63, 3.8) is 0 Å². The number of phenols is 1. The fourth-order valence-electron chi connectivity index (χ4n) is 6.38. The standard InChI is InChI=1S/C31H38IN5O4/c1-35(2)18-31(9-10-31)19-41-30-33-26-16-37(15-24(26)28(34-30)36-11-4-3-6-20(14-36)17-38)29(40)23-13-22(39)12-21-7-5-8-25(32)27(21)23/h5,7-8,12-13,20,38-39H,3-4,6,9-11,14-19H2,1-2H3. The van der Waals surface area contributed by atoms with Crippen LogP contribution in [0.4, 0.5) is 5.82 Å². The molecule has 1 amide bonds. The first kappa shape index (κ1) is 28.4. The van der Waals surface area contributed by atoms with Gasteiger partial charge in [-0.3, -0.25) is 4.79 Å². The molecule has 218 valence electrons. The molecule has 2 fully saturated rings. The van der Waals surface area contributed by atoms with E-state index in [-0.39, 0.29) is 29.6 Å². The number of carbonyl (C=O) groups excluding carboxylic acids is 1. The van der Waals surface area contributed by atoms with E-state index in [1.165, 1.54) is 0 Å². The van der Waals surface area contributed by atoms with Gasteiger partial charge in [-0.2, -0.15) is 9.97 Å². The average molecular weight is 672 g/mol. The van der Waals surface area contributed by atoms with Crippen molar-refractivity contribution in [1.29, 1.82) is 0 Å². The van der Waals surface area contributed by atoms with Crippen molar-refractivity contribution < 1.29 is 19.7 Å². The molecule has 2 aliphatic heterocycles. The van der Waals surface area contributed by atoms with E-state index in [1.807, 2.05) is 18.2 Å². The van der Waals surface area contributed by atoms with Crippen LogP contribution in [-0.2, 0) is 13.1 Å². The summed E-state index contributed by atoms with van der Waals surface area (Å²) >= 11 is 2.25. The molecule has 1 aliphatic carbocycles. The van der Waals surface area contributed by atoms with E-state index < -0.39 is 0 Å². The van der Waals surface area contributed by atoms with E-state index in [4.69, 9.17) is 14.7 Å². The first-order chi connectivity index (χ1) is 19.7. The second-order valence-corrected chi connectivity index (χ2v) is 13.4. The van der Waals surface area contributed by atoms with Crippen molar-refractivity contribution in [2.45, 2.75) is 45.2 Å². The normalized spacial score (nSPS) is 19.9. The number of fused-ring (bicyclic) bond motifs is 2. The molecule has 1 saturated heterocycles. The number of phenolic OH excluding ortho intramolecular Hbond substituents is 1. The molecule has 41 heavy (non-hydrogen) atoms.